The van der Waals surface area contributed by atoms with Crippen molar-refractivity contribution in [2.45, 2.75) is 19.4 Å². The van der Waals surface area contributed by atoms with E-state index in [-0.39, 0.29) is 0 Å². The van der Waals surface area contributed by atoms with Gasteiger partial charge in [-0.2, -0.15) is 0 Å². The van der Waals surface area contributed by atoms with Crippen molar-refractivity contribution < 1.29 is 4.74 Å². The van der Waals surface area contributed by atoms with Crippen LogP contribution in [-0.2, 0) is 13.0 Å². The van der Waals surface area contributed by atoms with Crippen LogP contribution in [0.15, 0.2) is 48.5 Å². The fourth-order valence-corrected chi connectivity index (χ4v) is 2.76. The molecule has 0 atom stereocenters. The monoisotopic (exact) mass is 329 g/mol. The molecule has 4 nitrogen and oxygen atoms in total. The van der Waals surface area contributed by atoms with Crippen LogP contribution in [0, 0.1) is 0 Å². The number of benzene rings is 2. The normalized spacial score (nSPS) is 11.0. The standard InChI is InChI=1S/C18H20ClN3O/c19-14-6-8-15(9-7-14)23-13-3-12-22-17-5-2-1-4-16(17)21-18(22)10-11-20/h1-2,4-9H,3,10-13,20H2. The second-order valence-corrected chi connectivity index (χ2v) is 5.80. The minimum absolute atomic E-state index is 0.602. The average molecular weight is 330 g/mol. The molecule has 0 amide bonds. The first-order valence-electron chi connectivity index (χ1n) is 7.80. The minimum Gasteiger partial charge on any atom is -0.494 e. The number of imidazole rings is 1. The largest absolute Gasteiger partial charge is 0.494 e. The van der Waals surface area contributed by atoms with Gasteiger partial charge in [0.2, 0.25) is 0 Å². The zero-order chi connectivity index (χ0) is 16.1. The molecule has 0 bridgehead atoms. The highest BCUT2D eigenvalue weighted by atomic mass is 35.5. The highest BCUT2D eigenvalue weighted by molar-refractivity contribution is 6.30. The van der Waals surface area contributed by atoms with Crippen LogP contribution < -0.4 is 10.5 Å². The van der Waals surface area contributed by atoms with Gasteiger partial charge in [0, 0.05) is 18.0 Å². The Morgan fingerprint density at radius 1 is 1.09 bits per heavy atom. The van der Waals surface area contributed by atoms with E-state index in [0.29, 0.717) is 18.2 Å². The lowest BCUT2D eigenvalue weighted by molar-refractivity contribution is 0.302. The van der Waals surface area contributed by atoms with Gasteiger partial charge in [-0.3, -0.25) is 0 Å². The number of halogens is 1. The SMILES string of the molecule is NCCc1nc2ccccc2n1CCCOc1ccc(Cl)cc1. The van der Waals surface area contributed by atoms with Crippen LogP contribution in [0.2, 0.25) is 5.02 Å². The predicted molar refractivity (Wildman–Crippen MR) is 94.1 cm³/mol. The molecule has 1 aromatic heterocycles. The fourth-order valence-electron chi connectivity index (χ4n) is 2.64. The van der Waals surface area contributed by atoms with Gasteiger partial charge in [0.25, 0.3) is 0 Å². The number of fused-ring (bicyclic) bond motifs is 1. The highest BCUT2D eigenvalue weighted by Crippen LogP contribution is 2.18. The highest BCUT2D eigenvalue weighted by Gasteiger charge is 2.09. The molecular formula is C18H20ClN3O. The maximum absolute atomic E-state index is 5.87. The van der Waals surface area contributed by atoms with Gasteiger partial charge in [-0.25, -0.2) is 4.98 Å². The van der Waals surface area contributed by atoms with Gasteiger partial charge in [0.1, 0.15) is 11.6 Å². The summed E-state index contributed by atoms with van der Waals surface area (Å²) in [5.74, 6) is 1.88. The number of para-hydroxylation sites is 2. The molecule has 0 aliphatic carbocycles. The molecule has 2 aromatic carbocycles. The Morgan fingerprint density at radius 2 is 1.87 bits per heavy atom. The van der Waals surface area contributed by atoms with Crippen molar-refractivity contribution in [2.75, 3.05) is 13.2 Å². The number of nitrogens with two attached hydrogens (primary N) is 1. The Labute approximate surface area is 140 Å². The van der Waals surface area contributed by atoms with Crippen LogP contribution >= 0.6 is 11.6 Å². The molecule has 0 unspecified atom stereocenters. The van der Waals surface area contributed by atoms with Gasteiger partial charge < -0.3 is 15.0 Å². The molecule has 120 valence electrons. The van der Waals surface area contributed by atoms with Crippen LogP contribution in [0.25, 0.3) is 11.0 Å². The van der Waals surface area contributed by atoms with Gasteiger partial charge in [-0.1, -0.05) is 23.7 Å². The number of hydrogen-bond donors (Lipinski definition) is 1. The van der Waals surface area contributed by atoms with E-state index in [4.69, 9.17) is 22.1 Å². The van der Waals surface area contributed by atoms with Crippen molar-refractivity contribution in [3.8, 4) is 5.75 Å². The van der Waals surface area contributed by atoms with Gasteiger partial charge in [-0.05, 0) is 49.4 Å². The van der Waals surface area contributed by atoms with E-state index >= 15 is 0 Å². The molecule has 0 fully saturated rings. The quantitative estimate of drug-likeness (QED) is 0.673. The molecule has 0 aliphatic heterocycles. The van der Waals surface area contributed by atoms with E-state index in [1.807, 2.05) is 42.5 Å². The lowest BCUT2D eigenvalue weighted by atomic mass is 10.3. The third-order valence-electron chi connectivity index (χ3n) is 3.71. The predicted octanol–water partition coefficient (Wildman–Crippen LogP) is 3.66. The summed E-state index contributed by atoms with van der Waals surface area (Å²) in [6, 6.07) is 15.6. The van der Waals surface area contributed by atoms with Crippen LogP contribution in [-0.4, -0.2) is 22.7 Å². The third kappa shape index (κ3) is 3.84. The Morgan fingerprint density at radius 3 is 2.65 bits per heavy atom. The van der Waals surface area contributed by atoms with Crippen molar-refractivity contribution in [3.63, 3.8) is 0 Å². The summed E-state index contributed by atoms with van der Waals surface area (Å²) in [7, 11) is 0. The summed E-state index contributed by atoms with van der Waals surface area (Å²) in [6.07, 6.45) is 1.69. The molecule has 3 rings (SSSR count). The van der Waals surface area contributed by atoms with E-state index < -0.39 is 0 Å². The molecule has 23 heavy (non-hydrogen) atoms. The molecule has 0 saturated heterocycles. The smallest absolute Gasteiger partial charge is 0.119 e. The Kier molecular flexibility index (Phi) is 5.16. The number of rotatable bonds is 7. The van der Waals surface area contributed by atoms with Gasteiger partial charge in [0.15, 0.2) is 0 Å². The van der Waals surface area contributed by atoms with E-state index in [0.717, 1.165) is 42.0 Å². The zero-order valence-corrected chi connectivity index (χ0v) is 13.7. The first-order chi connectivity index (χ1) is 11.3. The minimum atomic E-state index is 0.602. The maximum Gasteiger partial charge on any atom is 0.119 e. The molecule has 2 N–H and O–H groups in total. The molecule has 5 heteroatoms. The van der Waals surface area contributed by atoms with Crippen LogP contribution in [0.4, 0.5) is 0 Å². The molecule has 3 aromatic rings. The summed E-state index contributed by atoms with van der Waals surface area (Å²) < 4.78 is 8.00. The van der Waals surface area contributed by atoms with Crippen molar-refractivity contribution in [2.24, 2.45) is 5.73 Å². The van der Waals surface area contributed by atoms with Crippen molar-refractivity contribution in [1.82, 2.24) is 9.55 Å². The lowest BCUT2D eigenvalue weighted by Gasteiger charge is -2.10. The number of nitrogens with zero attached hydrogens (tertiary/aromatic N) is 2. The molecule has 0 aliphatic rings. The molecule has 0 radical (unpaired) electrons. The summed E-state index contributed by atoms with van der Waals surface area (Å²) in [6.45, 7) is 2.12. The number of hydrogen-bond acceptors (Lipinski definition) is 3. The molecule has 0 saturated carbocycles. The topological polar surface area (TPSA) is 53.1 Å². The van der Waals surface area contributed by atoms with Gasteiger partial charge >= 0.3 is 0 Å². The van der Waals surface area contributed by atoms with Crippen LogP contribution in [0.3, 0.4) is 0 Å². The first-order valence-corrected chi connectivity index (χ1v) is 8.18. The second-order valence-electron chi connectivity index (χ2n) is 5.36. The summed E-state index contributed by atoms with van der Waals surface area (Å²) in [5.41, 5.74) is 7.88. The van der Waals surface area contributed by atoms with Crippen molar-refractivity contribution >= 4 is 22.6 Å². The third-order valence-corrected chi connectivity index (χ3v) is 3.96. The Hall–Kier alpha value is -2.04. The van der Waals surface area contributed by atoms with Crippen LogP contribution in [0.1, 0.15) is 12.2 Å². The average Bonchev–Trinajstić information content (AvgIpc) is 2.91. The van der Waals surface area contributed by atoms with Crippen LogP contribution in [0.5, 0.6) is 5.75 Å². The van der Waals surface area contributed by atoms with E-state index in [1.54, 1.807) is 0 Å². The van der Waals surface area contributed by atoms with Gasteiger partial charge in [0.05, 0.1) is 17.6 Å². The van der Waals surface area contributed by atoms with E-state index in [2.05, 4.69) is 15.6 Å². The van der Waals surface area contributed by atoms with Gasteiger partial charge in [-0.15, -0.1) is 0 Å². The number of aryl methyl sites for hydroxylation is 1. The first kappa shape index (κ1) is 15.8. The van der Waals surface area contributed by atoms with Crippen molar-refractivity contribution in [1.29, 1.82) is 0 Å². The summed E-state index contributed by atoms with van der Waals surface area (Å²) in [4.78, 5) is 4.68. The molecular weight excluding hydrogens is 310 g/mol. The Balaban J connectivity index is 1.64. The lowest BCUT2D eigenvalue weighted by Crippen LogP contribution is -2.12. The fraction of sp³-hybridized carbons (Fsp3) is 0.278. The number of ether oxygens (including phenoxy) is 1. The van der Waals surface area contributed by atoms with E-state index in [1.165, 1.54) is 0 Å². The second kappa shape index (κ2) is 7.49. The summed E-state index contributed by atoms with van der Waals surface area (Å²) in [5, 5.41) is 0.716. The molecule has 0 spiro atoms. The van der Waals surface area contributed by atoms with E-state index in [9.17, 15) is 0 Å². The summed E-state index contributed by atoms with van der Waals surface area (Å²) >= 11 is 5.87. The van der Waals surface area contributed by atoms with Crippen molar-refractivity contribution in [3.05, 3.63) is 59.4 Å². The maximum atomic E-state index is 5.87. The molecule has 1 heterocycles. The zero-order valence-electron chi connectivity index (χ0n) is 12.9. The number of aromatic nitrogens is 2. The Bertz CT molecular complexity index is 768.